The lowest BCUT2D eigenvalue weighted by molar-refractivity contribution is -0.121. The van der Waals surface area contributed by atoms with Gasteiger partial charge in [-0.15, -0.1) is 0 Å². The minimum atomic E-state index is 0.0686. The molecule has 2 aromatic carbocycles. The zero-order valence-electron chi connectivity index (χ0n) is 15.5. The van der Waals surface area contributed by atoms with E-state index in [2.05, 4.69) is 66.5 Å². The molecule has 1 fully saturated rings. The number of piperidine rings is 1. The highest BCUT2D eigenvalue weighted by atomic mass is 16.1. The fourth-order valence-corrected chi connectivity index (χ4v) is 3.47. The standard InChI is InChI=1S/C22H28N2O/c1-16-7-10-19(11-8-16)14-24-12-4-5-20(15-24)22(25)23-21-13-17(2)6-9-18(21)3/h6-11,13,20H,4-5,12,14-15H2,1-3H3,(H,23,25). The summed E-state index contributed by atoms with van der Waals surface area (Å²) in [5.41, 5.74) is 5.84. The third kappa shape index (κ3) is 4.70. The van der Waals surface area contributed by atoms with Crippen molar-refractivity contribution in [2.24, 2.45) is 5.92 Å². The van der Waals surface area contributed by atoms with Crippen molar-refractivity contribution in [3.63, 3.8) is 0 Å². The smallest absolute Gasteiger partial charge is 0.228 e. The summed E-state index contributed by atoms with van der Waals surface area (Å²) in [4.78, 5) is 15.1. The molecule has 1 N–H and O–H groups in total. The Kier molecular flexibility index (Phi) is 5.54. The molecule has 0 bridgehead atoms. The Bertz CT molecular complexity index is 736. The molecule has 1 aliphatic rings. The van der Waals surface area contributed by atoms with Gasteiger partial charge in [0.25, 0.3) is 0 Å². The van der Waals surface area contributed by atoms with E-state index in [1.54, 1.807) is 0 Å². The van der Waals surface area contributed by atoms with Crippen molar-refractivity contribution in [3.05, 3.63) is 64.7 Å². The number of rotatable bonds is 4. The molecule has 3 nitrogen and oxygen atoms in total. The summed E-state index contributed by atoms with van der Waals surface area (Å²) in [5.74, 6) is 0.224. The summed E-state index contributed by atoms with van der Waals surface area (Å²) in [5, 5.41) is 3.15. The molecule has 3 heteroatoms. The number of carbonyl (C=O) groups excluding carboxylic acids is 1. The van der Waals surface area contributed by atoms with E-state index in [1.807, 2.05) is 6.92 Å². The lowest BCUT2D eigenvalue weighted by Gasteiger charge is -2.32. The quantitative estimate of drug-likeness (QED) is 0.894. The molecule has 1 atom stereocenters. The first-order chi connectivity index (χ1) is 12.0. The second-order valence-electron chi connectivity index (χ2n) is 7.37. The lowest BCUT2D eigenvalue weighted by Crippen LogP contribution is -2.40. The predicted molar refractivity (Wildman–Crippen MR) is 104 cm³/mol. The van der Waals surface area contributed by atoms with Crippen LogP contribution in [0.4, 0.5) is 5.69 Å². The van der Waals surface area contributed by atoms with Crippen LogP contribution < -0.4 is 5.32 Å². The zero-order valence-corrected chi connectivity index (χ0v) is 15.5. The van der Waals surface area contributed by atoms with E-state index >= 15 is 0 Å². The Morgan fingerprint density at radius 2 is 1.80 bits per heavy atom. The summed E-state index contributed by atoms with van der Waals surface area (Å²) in [6, 6.07) is 14.9. The van der Waals surface area contributed by atoms with Gasteiger partial charge >= 0.3 is 0 Å². The molecule has 0 saturated carbocycles. The van der Waals surface area contributed by atoms with Gasteiger partial charge in [-0.05, 0) is 62.9 Å². The second-order valence-corrected chi connectivity index (χ2v) is 7.37. The van der Waals surface area contributed by atoms with Gasteiger partial charge in [-0.25, -0.2) is 0 Å². The molecule has 3 rings (SSSR count). The van der Waals surface area contributed by atoms with E-state index < -0.39 is 0 Å². The number of benzene rings is 2. The van der Waals surface area contributed by atoms with Crippen molar-refractivity contribution in [1.82, 2.24) is 4.90 Å². The van der Waals surface area contributed by atoms with Gasteiger partial charge in [0.05, 0.1) is 5.92 Å². The summed E-state index contributed by atoms with van der Waals surface area (Å²) in [6.07, 6.45) is 2.05. The third-order valence-electron chi connectivity index (χ3n) is 5.05. The molecule has 1 unspecified atom stereocenters. The minimum Gasteiger partial charge on any atom is -0.326 e. The number of hydrogen-bond donors (Lipinski definition) is 1. The monoisotopic (exact) mass is 336 g/mol. The minimum absolute atomic E-state index is 0.0686. The highest BCUT2D eigenvalue weighted by Crippen LogP contribution is 2.22. The number of anilines is 1. The summed E-state index contributed by atoms with van der Waals surface area (Å²) < 4.78 is 0. The largest absolute Gasteiger partial charge is 0.326 e. The van der Waals surface area contributed by atoms with Crippen LogP contribution in [0.3, 0.4) is 0 Å². The van der Waals surface area contributed by atoms with E-state index in [0.717, 1.165) is 43.7 Å². The van der Waals surface area contributed by atoms with Crippen LogP contribution in [0.25, 0.3) is 0 Å². The third-order valence-corrected chi connectivity index (χ3v) is 5.05. The second kappa shape index (κ2) is 7.83. The Labute approximate surface area is 151 Å². The van der Waals surface area contributed by atoms with Gasteiger partial charge in [0, 0.05) is 18.8 Å². The Morgan fingerprint density at radius 1 is 1.08 bits per heavy atom. The average molecular weight is 336 g/mol. The predicted octanol–water partition coefficient (Wildman–Crippen LogP) is 4.46. The highest BCUT2D eigenvalue weighted by molar-refractivity contribution is 5.93. The molecule has 0 radical (unpaired) electrons. The van der Waals surface area contributed by atoms with Crippen LogP contribution in [0.2, 0.25) is 0 Å². The first-order valence-electron chi connectivity index (χ1n) is 9.17. The van der Waals surface area contributed by atoms with Crippen LogP contribution in [-0.4, -0.2) is 23.9 Å². The number of nitrogens with zero attached hydrogens (tertiary/aromatic N) is 1. The highest BCUT2D eigenvalue weighted by Gasteiger charge is 2.26. The van der Waals surface area contributed by atoms with Gasteiger partial charge < -0.3 is 5.32 Å². The number of amides is 1. The molecule has 1 aliphatic heterocycles. The van der Waals surface area contributed by atoms with Gasteiger partial charge in [0.2, 0.25) is 5.91 Å². The molecule has 1 saturated heterocycles. The van der Waals surface area contributed by atoms with Crippen LogP contribution in [0, 0.1) is 26.7 Å². The number of carbonyl (C=O) groups is 1. The lowest BCUT2D eigenvalue weighted by atomic mass is 9.96. The number of hydrogen-bond acceptors (Lipinski definition) is 2. The van der Waals surface area contributed by atoms with E-state index in [0.29, 0.717) is 0 Å². The SMILES string of the molecule is Cc1ccc(CN2CCCC(C(=O)Nc3cc(C)ccc3C)C2)cc1. The molecule has 0 aliphatic carbocycles. The molecule has 0 spiro atoms. The molecule has 0 aromatic heterocycles. The molecule has 2 aromatic rings. The van der Waals surface area contributed by atoms with E-state index in [-0.39, 0.29) is 11.8 Å². The maximum absolute atomic E-state index is 12.7. The number of likely N-dealkylation sites (tertiary alicyclic amines) is 1. The number of nitrogens with one attached hydrogen (secondary N) is 1. The van der Waals surface area contributed by atoms with Gasteiger partial charge in [0.1, 0.15) is 0 Å². The maximum atomic E-state index is 12.7. The molecule has 1 amide bonds. The van der Waals surface area contributed by atoms with Crippen molar-refractivity contribution in [1.29, 1.82) is 0 Å². The normalized spacial score (nSPS) is 18.1. The Hall–Kier alpha value is -2.13. The van der Waals surface area contributed by atoms with Crippen molar-refractivity contribution in [2.75, 3.05) is 18.4 Å². The fraction of sp³-hybridized carbons (Fsp3) is 0.409. The molecular formula is C22H28N2O. The van der Waals surface area contributed by atoms with Crippen molar-refractivity contribution in [3.8, 4) is 0 Å². The van der Waals surface area contributed by atoms with Crippen LogP contribution in [-0.2, 0) is 11.3 Å². The van der Waals surface area contributed by atoms with Crippen LogP contribution in [0.5, 0.6) is 0 Å². The first-order valence-corrected chi connectivity index (χ1v) is 9.17. The maximum Gasteiger partial charge on any atom is 0.228 e. The van der Waals surface area contributed by atoms with Gasteiger partial charge in [-0.3, -0.25) is 9.69 Å². The summed E-state index contributed by atoms with van der Waals surface area (Å²) in [7, 11) is 0. The molecule has 25 heavy (non-hydrogen) atoms. The van der Waals surface area contributed by atoms with E-state index in [1.165, 1.54) is 16.7 Å². The van der Waals surface area contributed by atoms with Gasteiger partial charge in [-0.2, -0.15) is 0 Å². The van der Waals surface area contributed by atoms with Crippen LogP contribution >= 0.6 is 0 Å². The van der Waals surface area contributed by atoms with Crippen molar-refractivity contribution >= 4 is 11.6 Å². The average Bonchev–Trinajstić information content (AvgIpc) is 2.60. The molecule has 1 heterocycles. The Morgan fingerprint density at radius 3 is 2.56 bits per heavy atom. The van der Waals surface area contributed by atoms with Gasteiger partial charge in [-0.1, -0.05) is 42.0 Å². The van der Waals surface area contributed by atoms with Crippen molar-refractivity contribution in [2.45, 2.75) is 40.2 Å². The zero-order chi connectivity index (χ0) is 17.8. The van der Waals surface area contributed by atoms with Crippen molar-refractivity contribution < 1.29 is 4.79 Å². The molecule has 132 valence electrons. The first kappa shape index (κ1) is 17.7. The summed E-state index contributed by atoms with van der Waals surface area (Å²) >= 11 is 0. The van der Waals surface area contributed by atoms with Gasteiger partial charge in [0.15, 0.2) is 0 Å². The van der Waals surface area contributed by atoms with Crippen LogP contribution in [0.15, 0.2) is 42.5 Å². The number of aryl methyl sites for hydroxylation is 3. The van der Waals surface area contributed by atoms with E-state index in [9.17, 15) is 4.79 Å². The van der Waals surface area contributed by atoms with Crippen LogP contribution in [0.1, 0.15) is 35.1 Å². The Balaban J connectivity index is 1.61. The topological polar surface area (TPSA) is 32.3 Å². The van der Waals surface area contributed by atoms with E-state index in [4.69, 9.17) is 0 Å². The molecular weight excluding hydrogens is 308 g/mol. The fourth-order valence-electron chi connectivity index (χ4n) is 3.47. The summed E-state index contributed by atoms with van der Waals surface area (Å²) in [6.45, 7) is 9.04.